The van der Waals surface area contributed by atoms with Crippen molar-refractivity contribution in [2.24, 2.45) is 0 Å². The summed E-state index contributed by atoms with van der Waals surface area (Å²) in [5.74, 6) is 0.913. The van der Waals surface area contributed by atoms with Crippen molar-refractivity contribution in [3.05, 3.63) is 89.5 Å². The Hall–Kier alpha value is -3.52. The summed E-state index contributed by atoms with van der Waals surface area (Å²) in [6.07, 6.45) is 3.82. The maximum atomic E-state index is 12.7. The fourth-order valence-electron chi connectivity index (χ4n) is 3.35. The number of carbonyl (C=O) groups excluding carboxylic acids is 1. The molecule has 7 nitrogen and oxygen atoms in total. The van der Waals surface area contributed by atoms with E-state index in [4.69, 9.17) is 0 Å². The molecule has 0 aliphatic rings. The van der Waals surface area contributed by atoms with Crippen LogP contribution in [0.15, 0.2) is 72.1 Å². The summed E-state index contributed by atoms with van der Waals surface area (Å²) in [6.45, 7) is 5.98. The second kappa shape index (κ2) is 9.74. The van der Waals surface area contributed by atoms with Crippen LogP contribution in [-0.2, 0) is 11.2 Å². The van der Waals surface area contributed by atoms with Gasteiger partial charge >= 0.3 is 0 Å². The Morgan fingerprint density at radius 1 is 1.03 bits per heavy atom. The first-order valence-corrected chi connectivity index (χ1v) is 11.2. The summed E-state index contributed by atoms with van der Waals surface area (Å²) in [7, 11) is 0. The number of aromatic nitrogens is 5. The first-order valence-electron chi connectivity index (χ1n) is 10.3. The van der Waals surface area contributed by atoms with Crippen LogP contribution < -0.4 is 5.32 Å². The third kappa shape index (κ3) is 5.03. The largest absolute Gasteiger partial charge is 0.294 e. The molecule has 0 aliphatic heterocycles. The van der Waals surface area contributed by atoms with Crippen LogP contribution in [-0.4, -0.2) is 35.9 Å². The van der Waals surface area contributed by atoms with E-state index in [2.05, 4.69) is 74.2 Å². The summed E-state index contributed by atoms with van der Waals surface area (Å²) in [6, 6.07) is 18.2. The van der Waals surface area contributed by atoms with Gasteiger partial charge in [0.1, 0.15) is 5.82 Å². The number of benzene rings is 2. The Kier molecular flexibility index (Phi) is 6.61. The topological polar surface area (TPSA) is 85.6 Å². The van der Waals surface area contributed by atoms with Crippen molar-refractivity contribution < 1.29 is 4.79 Å². The lowest BCUT2D eigenvalue weighted by molar-refractivity contribution is -0.115. The summed E-state index contributed by atoms with van der Waals surface area (Å²) >= 11 is 1.36. The molecule has 1 atom stereocenters. The summed E-state index contributed by atoms with van der Waals surface area (Å²) < 4.78 is 2.05. The second-order valence-electron chi connectivity index (χ2n) is 7.51. The molecule has 2 aromatic carbocycles. The number of thioether (sulfide) groups is 1. The second-order valence-corrected chi connectivity index (χ2v) is 8.82. The molecule has 0 radical (unpaired) electrons. The minimum absolute atomic E-state index is 0.194. The summed E-state index contributed by atoms with van der Waals surface area (Å²) in [5, 5.41) is 11.9. The van der Waals surface area contributed by atoms with E-state index in [-0.39, 0.29) is 11.9 Å². The van der Waals surface area contributed by atoms with E-state index in [1.54, 1.807) is 18.5 Å². The molecule has 0 bridgehead atoms. The molecular formula is C24H24N6OS. The van der Waals surface area contributed by atoms with E-state index in [0.717, 1.165) is 22.6 Å². The highest BCUT2D eigenvalue weighted by Gasteiger charge is 2.22. The molecule has 162 valence electrons. The zero-order valence-corrected chi connectivity index (χ0v) is 19.0. The quantitative estimate of drug-likeness (QED) is 0.426. The minimum atomic E-state index is -0.419. The predicted octanol–water partition coefficient (Wildman–Crippen LogP) is 4.38. The molecule has 0 saturated carbocycles. The average Bonchev–Trinajstić information content (AvgIpc) is 3.17. The number of rotatable bonds is 7. The first-order chi connectivity index (χ1) is 15.5. The number of nitrogens with zero attached hydrogens (tertiary/aromatic N) is 5. The molecule has 8 heteroatoms. The maximum Gasteiger partial charge on any atom is 0.240 e. The first kappa shape index (κ1) is 21.7. The molecule has 2 aromatic heterocycles. The molecule has 2 heterocycles. The van der Waals surface area contributed by atoms with Gasteiger partial charge in [0, 0.05) is 18.8 Å². The monoisotopic (exact) mass is 444 g/mol. The van der Waals surface area contributed by atoms with Crippen LogP contribution >= 0.6 is 11.8 Å². The number of amides is 1. The van der Waals surface area contributed by atoms with Gasteiger partial charge in [-0.05, 0) is 44.0 Å². The molecule has 0 fully saturated rings. The number of aryl methyl sites for hydroxylation is 2. The summed E-state index contributed by atoms with van der Waals surface area (Å²) in [5.41, 5.74) is 4.46. The minimum Gasteiger partial charge on any atom is -0.294 e. The van der Waals surface area contributed by atoms with E-state index >= 15 is 0 Å². The van der Waals surface area contributed by atoms with Crippen molar-refractivity contribution >= 4 is 23.6 Å². The van der Waals surface area contributed by atoms with Crippen molar-refractivity contribution in [1.29, 1.82) is 0 Å². The molecule has 1 amide bonds. The van der Waals surface area contributed by atoms with Crippen molar-refractivity contribution in [3.63, 3.8) is 0 Å². The molecule has 32 heavy (non-hydrogen) atoms. The van der Waals surface area contributed by atoms with Gasteiger partial charge in [0.2, 0.25) is 11.9 Å². The Bertz CT molecular complexity index is 1210. The Morgan fingerprint density at radius 3 is 2.50 bits per heavy atom. The van der Waals surface area contributed by atoms with Gasteiger partial charge < -0.3 is 0 Å². The van der Waals surface area contributed by atoms with E-state index in [0.29, 0.717) is 11.6 Å². The van der Waals surface area contributed by atoms with Gasteiger partial charge in [-0.3, -0.25) is 14.7 Å². The smallest absolute Gasteiger partial charge is 0.240 e. The van der Waals surface area contributed by atoms with Crippen LogP contribution in [0.5, 0.6) is 0 Å². The number of hydrogen-bond acceptors (Lipinski definition) is 6. The number of anilines is 1. The average molecular weight is 445 g/mol. The number of carbonyl (C=O) groups is 1. The Balaban J connectivity index is 1.64. The van der Waals surface area contributed by atoms with Crippen LogP contribution in [0.3, 0.4) is 0 Å². The zero-order chi connectivity index (χ0) is 22.5. The number of nitrogens with one attached hydrogen (secondary N) is 1. The van der Waals surface area contributed by atoms with Gasteiger partial charge in [0.15, 0.2) is 5.16 Å². The van der Waals surface area contributed by atoms with Gasteiger partial charge in [0.25, 0.3) is 0 Å². The highest BCUT2D eigenvalue weighted by atomic mass is 32.2. The van der Waals surface area contributed by atoms with E-state index < -0.39 is 5.25 Å². The van der Waals surface area contributed by atoms with Crippen molar-refractivity contribution in [2.75, 3.05) is 5.32 Å². The lowest BCUT2D eigenvalue weighted by Crippen LogP contribution is -2.24. The molecule has 4 aromatic rings. The van der Waals surface area contributed by atoms with E-state index in [1.165, 1.54) is 17.3 Å². The molecule has 1 unspecified atom stereocenters. The SMILES string of the molecule is Cc1ccc(-n2c(Cc3ccccc3)nnc2SC(C)C(=O)Nc2ncccn2)c(C)c1. The molecule has 0 spiro atoms. The van der Waals surface area contributed by atoms with Crippen LogP contribution in [0.2, 0.25) is 0 Å². The van der Waals surface area contributed by atoms with Crippen molar-refractivity contribution in [3.8, 4) is 5.69 Å². The normalized spacial score (nSPS) is 11.8. The van der Waals surface area contributed by atoms with Gasteiger partial charge in [0.05, 0.1) is 10.9 Å². The Labute approximate surface area is 191 Å². The fourth-order valence-corrected chi connectivity index (χ4v) is 4.23. The molecule has 4 rings (SSSR count). The molecule has 1 N–H and O–H groups in total. The standard InChI is InChI=1S/C24H24N6OS/c1-16-10-11-20(17(2)14-16)30-21(15-19-8-5-4-6-9-19)28-29-24(30)32-18(3)22(31)27-23-25-12-7-13-26-23/h4-14,18H,15H2,1-3H3,(H,25,26,27,31). The lowest BCUT2D eigenvalue weighted by atomic mass is 10.1. The number of hydrogen-bond donors (Lipinski definition) is 1. The molecular weight excluding hydrogens is 420 g/mol. The lowest BCUT2D eigenvalue weighted by Gasteiger charge is -2.15. The van der Waals surface area contributed by atoms with Crippen LogP contribution in [0.4, 0.5) is 5.95 Å². The third-order valence-corrected chi connectivity index (χ3v) is 5.99. The van der Waals surface area contributed by atoms with Gasteiger partial charge in [-0.1, -0.05) is 59.8 Å². The van der Waals surface area contributed by atoms with E-state index in [1.807, 2.05) is 25.1 Å². The third-order valence-electron chi connectivity index (χ3n) is 4.95. The maximum absolute atomic E-state index is 12.7. The summed E-state index contributed by atoms with van der Waals surface area (Å²) in [4.78, 5) is 20.8. The van der Waals surface area contributed by atoms with Crippen LogP contribution in [0.25, 0.3) is 5.69 Å². The predicted molar refractivity (Wildman–Crippen MR) is 126 cm³/mol. The van der Waals surface area contributed by atoms with Gasteiger partial charge in [-0.2, -0.15) is 0 Å². The van der Waals surface area contributed by atoms with Gasteiger partial charge in [-0.15, -0.1) is 10.2 Å². The highest BCUT2D eigenvalue weighted by molar-refractivity contribution is 8.00. The van der Waals surface area contributed by atoms with Crippen molar-refractivity contribution in [1.82, 2.24) is 24.7 Å². The van der Waals surface area contributed by atoms with Crippen molar-refractivity contribution in [2.45, 2.75) is 37.6 Å². The molecule has 0 aliphatic carbocycles. The van der Waals surface area contributed by atoms with Crippen LogP contribution in [0, 0.1) is 13.8 Å². The Morgan fingerprint density at radius 2 is 1.78 bits per heavy atom. The van der Waals surface area contributed by atoms with E-state index in [9.17, 15) is 4.79 Å². The van der Waals surface area contributed by atoms with Gasteiger partial charge in [-0.25, -0.2) is 9.97 Å². The zero-order valence-electron chi connectivity index (χ0n) is 18.2. The van der Waals surface area contributed by atoms with Crippen LogP contribution in [0.1, 0.15) is 29.4 Å². The highest BCUT2D eigenvalue weighted by Crippen LogP contribution is 2.29. The molecule has 0 saturated heterocycles. The fraction of sp³-hybridized carbons (Fsp3) is 0.208.